The number of nitrogens with one attached hydrogen (secondary N) is 1. The van der Waals surface area contributed by atoms with E-state index in [4.69, 9.17) is 0 Å². The van der Waals surface area contributed by atoms with E-state index in [9.17, 15) is 14.9 Å². The van der Waals surface area contributed by atoms with Crippen molar-refractivity contribution < 1.29 is 9.72 Å². The second-order valence-electron chi connectivity index (χ2n) is 5.02. The number of carbonyl (C=O) groups excluding carboxylic acids is 1. The van der Waals surface area contributed by atoms with Crippen LogP contribution in [0.3, 0.4) is 0 Å². The van der Waals surface area contributed by atoms with Gasteiger partial charge in [0.1, 0.15) is 5.01 Å². The largest absolute Gasteiger partial charge is 0.295 e. The van der Waals surface area contributed by atoms with Crippen LogP contribution in [0.15, 0.2) is 24.3 Å². The smallest absolute Gasteiger partial charge is 0.279 e. The van der Waals surface area contributed by atoms with Crippen molar-refractivity contribution in [3.05, 3.63) is 50.8 Å². The first-order valence-electron chi connectivity index (χ1n) is 7.30. The zero-order valence-electron chi connectivity index (χ0n) is 13.3. The minimum absolute atomic E-state index is 0.0700. The van der Waals surface area contributed by atoms with Gasteiger partial charge in [0.15, 0.2) is 5.69 Å². The Balaban J connectivity index is 1.86. The lowest BCUT2D eigenvalue weighted by atomic mass is 10.2. The summed E-state index contributed by atoms with van der Waals surface area (Å²) in [5.74, 6) is -0.465. The number of hydrogen-bond donors (Lipinski definition) is 1. The van der Waals surface area contributed by atoms with E-state index in [2.05, 4.69) is 25.8 Å². The number of non-ortho nitro benzene ring substituents is 1. The van der Waals surface area contributed by atoms with Crippen LogP contribution in [0.4, 0.5) is 10.8 Å². The molecule has 1 amide bonds. The van der Waals surface area contributed by atoms with Gasteiger partial charge in [-0.05, 0) is 19.4 Å². The number of nitro benzene ring substituents is 1. The first-order chi connectivity index (χ1) is 12.0. The van der Waals surface area contributed by atoms with Crippen LogP contribution in [-0.2, 0) is 6.42 Å². The number of anilines is 1. The Bertz CT molecular complexity index is 950. The summed E-state index contributed by atoms with van der Waals surface area (Å²) in [5.41, 5.74) is 0.944. The monoisotopic (exact) mass is 359 g/mol. The number of rotatable bonds is 5. The van der Waals surface area contributed by atoms with Crippen LogP contribution in [0.1, 0.15) is 28.1 Å². The van der Waals surface area contributed by atoms with Crippen molar-refractivity contribution in [2.45, 2.75) is 20.3 Å². The van der Waals surface area contributed by atoms with Crippen molar-refractivity contribution in [1.82, 2.24) is 25.2 Å². The van der Waals surface area contributed by atoms with Gasteiger partial charge in [-0.2, -0.15) is 0 Å². The van der Waals surface area contributed by atoms with Crippen molar-refractivity contribution in [1.29, 1.82) is 0 Å². The lowest BCUT2D eigenvalue weighted by molar-refractivity contribution is -0.384. The Morgan fingerprint density at radius 2 is 2.16 bits per heavy atom. The molecule has 1 aromatic carbocycles. The lowest BCUT2D eigenvalue weighted by Crippen LogP contribution is -2.14. The maximum absolute atomic E-state index is 12.4. The highest BCUT2D eigenvalue weighted by atomic mass is 32.1. The third kappa shape index (κ3) is 3.35. The molecule has 0 atom stereocenters. The fourth-order valence-electron chi connectivity index (χ4n) is 2.13. The highest BCUT2D eigenvalue weighted by molar-refractivity contribution is 7.15. The Kier molecular flexibility index (Phi) is 4.48. The van der Waals surface area contributed by atoms with Gasteiger partial charge in [-0.3, -0.25) is 20.2 Å². The summed E-state index contributed by atoms with van der Waals surface area (Å²) in [7, 11) is 0. The maximum Gasteiger partial charge on any atom is 0.279 e. The fourth-order valence-corrected chi connectivity index (χ4v) is 2.80. The number of nitro groups is 1. The van der Waals surface area contributed by atoms with Gasteiger partial charge in [0.25, 0.3) is 11.6 Å². The average molecular weight is 359 g/mol. The summed E-state index contributed by atoms with van der Waals surface area (Å²) in [4.78, 5) is 22.8. The molecule has 11 heteroatoms. The molecule has 0 saturated heterocycles. The SMILES string of the molecule is CCc1nnc(NC(=O)c2nnn(-c3cccc([N+](=O)[O-])c3)c2C)s1. The van der Waals surface area contributed by atoms with Crippen LogP contribution in [0.5, 0.6) is 0 Å². The highest BCUT2D eigenvalue weighted by Gasteiger charge is 2.19. The zero-order chi connectivity index (χ0) is 18.0. The number of aryl methyl sites for hydroxylation is 1. The average Bonchev–Trinajstić information content (AvgIpc) is 3.21. The molecule has 1 N–H and O–H groups in total. The Hall–Kier alpha value is -3.21. The highest BCUT2D eigenvalue weighted by Crippen LogP contribution is 2.20. The molecule has 3 rings (SSSR count). The van der Waals surface area contributed by atoms with Crippen LogP contribution in [0, 0.1) is 17.0 Å². The predicted octanol–water partition coefficient (Wildman–Crippen LogP) is 2.15. The normalized spacial score (nSPS) is 10.6. The molecule has 0 fully saturated rings. The topological polar surface area (TPSA) is 129 Å². The molecule has 0 bridgehead atoms. The molecule has 0 saturated carbocycles. The van der Waals surface area contributed by atoms with Crippen LogP contribution in [-0.4, -0.2) is 36.0 Å². The van der Waals surface area contributed by atoms with Crippen molar-refractivity contribution in [2.75, 3.05) is 5.32 Å². The molecule has 0 aliphatic heterocycles. The molecular formula is C14H13N7O3S. The quantitative estimate of drug-likeness (QED) is 0.546. The van der Waals surface area contributed by atoms with E-state index < -0.39 is 10.8 Å². The van der Waals surface area contributed by atoms with E-state index in [0.717, 1.165) is 11.4 Å². The lowest BCUT2D eigenvalue weighted by Gasteiger charge is -2.03. The van der Waals surface area contributed by atoms with Crippen LogP contribution >= 0.6 is 11.3 Å². The van der Waals surface area contributed by atoms with Crippen molar-refractivity contribution in [2.24, 2.45) is 0 Å². The van der Waals surface area contributed by atoms with Crippen molar-refractivity contribution in [3.8, 4) is 5.69 Å². The standard InChI is InChI=1S/C14H13N7O3S/c1-3-11-16-18-14(25-11)15-13(22)12-8(2)20(19-17-12)9-5-4-6-10(7-9)21(23)24/h4-7H,3H2,1-2H3,(H,15,18,22). The number of hydrogen-bond acceptors (Lipinski definition) is 8. The van der Waals surface area contributed by atoms with Crippen molar-refractivity contribution >= 4 is 28.1 Å². The number of carbonyl (C=O) groups is 1. The van der Waals surface area contributed by atoms with E-state index in [-0.39, 0.29) is 11.4 Å². The number of benzene rings is 1. The van der Waals surface area contributed by atoms with Gasteiger partial charge in [-0.1, -0.05) is 29.5 Å². The van der Waals surface area contributed by atoms with E-state index in [1.54, 1.807) is 19.1 Å². The molecule has 3 aromatic rings. The van der Waals surface area contributed by atoms with E-state index in [0.29, 0.717) is 16.5 Å². The number of aromatic nitrogens is 5. The number of nitrogens with zero attached hydrogens (tertiary/aromatic N) is 6. The first-order valence-corrected chi connectivity index (χ1v) is 8.12. The van der Waals surface area contributed by atoms with Gasteiger partial charge in [0.05, 0.1) is 16.3 Å². The molecule has 128 valence electrons. The fraction of sp³-hybridized carbons (Fsp3) is 0.214. The van der Waals surface area contributed by atoms with Crippen LogP contribution in [0.25, 0.3) is 5.69 Å². The molecule has 2 aromatic heterocycles. The Morgan fingerprint density at radius 1 is 1.36 bits per heavy atom. The van der Waals surface area contributed by atoms with E-state index in [1.165, 1.54) is 28.2 Å². The maximum atomic E-state index is 12.4. The summed E-state index contributed by atoms with van der Waals surface area (Å²) >= 11 is 1.29. The van der Waals surface area contributed by atoms with Crippen molar-refractivity contribution in [3.63, 3.8) is 0 Å². The molecular weight excluding hydrogens is 346 g/mol. The molecule has 10 nitrogen and oxygen atoms in total. The molecule has 0 aliphatic rings. The summed E-state index contributed by atoms with van der Waals surface area (Å²) in [5, 5.41) is 30.3. The third-order valence-electron chi connectivity index (χ3n) is 3.38. The van der Waals surface area contributed by atoms with E-state index >= 15 is 0 Å². The predicted molar refractivity (Wildman–Crippen MR) is 90.0 cm³/mol. The molecule has 2 heterocycles. The summed E-state index contributed by atoms with van der Waals surface area (Å²) < 4.78 is 1.37. The molecule has 0 aliphatic carbocycles. The van der Waals surface area contributed by atoms with Gasteiger partial charge in [-0.25, -0.2) is 4.68 Å². The summed E-state index contributed by atoms with van der Waals surface area (Å²) in [6.45, 7) is 3.60. The summed E-state index contributed by atoms with van der Waals surface area (Å²) in [6.07, 6.45) is 0.732. The van der Waals surface area contributed by atoms with Gasteiger partial charge >= 0.3 is 0 Å². The minimum Gasteiger partial charge on any atom is -0.295 e. The third-order valence-corrected chi connectivity index (χ3v) is 4.37. The second-order valence-corrected chi connectivity index (χ2v) is 6.08. The summed E-state index contributed by atoms with van der Waals surface area (Å²) in [6, 6.07) is 5.93. The van der Waals surface area contributed by atoms with Crippen LogP contribution < -0.4 is 5.32 Å². The first kappa shape index (κ1) is 16.6. The zero-order valence-corrected chi connectivity index (χ0v) is 14.1. The second kappa shape index (κ2) is 6.73. The number of amides is 1. The van der Waals surface area contributed by atoms with Gasteiger partial charge in [-0.15, -0.1) is 15.3 Å². The minimum atomic E-state index is -0.496. The molecule has 0 unspecified atom stereocenters. The Morgan fingerprint density at radius 3 is 2.84 bits per heavy atom. The Labute approximate surface area is 145 Å². The molecule has 0 spiro atoms. The van der Waals surface area contributed by atoms with Gasteiger partial charge in [0.2, 0.25) is 5.13 Å². The van der Waals surface area contributed by atoms with Gasteiger partial charge in [0, 0.05) is 12.1 Å². The molecule has 0 radical (unpaired) electrons. The molecule has 25 heavy (non-hydrogen) atoms. The van der Waals surface area contributed by atoms with Crippen LogP contribution in [0.2, 0.25) is 0 Å². The van der Waals surface area contributed by atoms with Gasteiger partial charge < -0.3 is 0 Å². The van der Waals surface area contributed by atoms with E-state index in [1.807, 2.05) is 6.92 Å².